The maximum absolute atomic E-state index is 13.8. The molecule has 5 nitrogen and oxygen atoms in total. The average Bonchev–Trinajstić information content (AvgIpc) is 2.68. The maximum Gasteiger partial charge on any atom is 0.360 e. The molecule has 1 aromatic carbocycles. The van der Waals surface area contributed by atoms with Gasteiger partial charge in [0.25, 0.3) is 0 Å². The van der Waals surface area contributed by atoms with Crippen LogP contribution in [0.4, 0.5) is 14.6 Å². The van der Waals surface area contributed by atoms with Crippen LogP contribution in [0.3, 0.4) is 0 Å². The van der Waals surface area contributed by atoms with E-state index in [1.807, 2.05) is 0 Å². The van der Waals surface area contributed by atoms with Crippen LogP contribution in [0.1, 0.15) is 23.2 Å². The lowest BCUT2D eigenvalue weighted by Crippen LogP contribution is -2.10. The fraction of sp³-hybridized carbons (Fsp3) is 0.231. The topological polar surface area (TPSA) is 70.1 Å². The van der Waals surface area contributed by atoms with Gasteiger partial charge in [0, 0.05) is 6.07 Å². The number of esters is 1. The van der Waals surface area contributed by atoms with Gasteiger partial charge >= 0.3 is 5.97 Å². The molecule has 20 heavy (non-hydrogen) atoms. The summed E-state index contributed by atoms with van der Waals surface area (Å²) in [5.41, 5.74) is 5.57. The van der Waals surface area contributed by atoms with Crippen LogP contribution in [0.25, 0.3) is 5.69 Å². The van der Waals surface area contributed by atoms with Crippen molar-refractivity contribution < 1.29 is 18.3 Å². The molecule has 1 aromatic heterocycles. The van der Waals surface area contributed by atoms with Gasteiger partial charge in [0.1, 0.15) is 23.3 Å². The second-order valence-corrected chi connectivity index (χ2v) is 4.04. The largest absolute Gasteiger partial charge is 0.461 e. The minimum Gasteiger partial charge on any atom is -0.461 e. The molecule has 0 fully saturated rings. The summed E-state index contributed by atoms with van der Waals surface area (Å²) in [7, 11) is 0. The summed E-state index contributed by atoms with van der Waals surface area (Å²) < 4.78 is 33.0. The molecule has 0 atom stereocenters. The molecule has 0 aliphatic rings. The summed E-state index contributed by atoms with van der Waals surface area (Å²) in [5, 5.41) is 0. The Kier molecular flexibility index (Phi) is 3.69. The van der Waals surface area contributed by atoms with Crippen LogP contribution in [0, 0.1) is 18.6 Å². The van der Waals surface area contributed by atoms with E-state index in [4.69, 9.17) is 10.5 Å². The number of nitrogens with zero attached hydrogens (tertiary/aromatic N) is 2. The summed E-state index contributed by atoms with van der Waals surface area (Å²) in [6.45, 7) is 3.34. The Balaban J connectivity index is 2.58. The molecule has 1 heterocycles. The molecular formula is C13H13F2N3O2. The molecule has 0 bridgehead atoms. The van der Waals surface area contributed by atoms with Crippen molar-refractivity contribution in [2.45, 2.75) is 13.8 Å². The Labute approximate surface area is 114 Å². The van der Waals surface area contributed by atoms with Gasteiger partial charge < -0.3 is 10.5 Å². The number of nitrogen functional groups attached to an aromatic ring is 1. The van der Waals surface area contributed by atoms with Gasteiger partial charge in [0.15, 0.2) is 5.69 Å². The number of aromatic nitrogens is 2. The van der Waals surface area contributed by atoms with Crippen molar-refractivity contribution in [2.24, 2.45) is 0 Å². The lowest BCUT2D eigenvalue weighted by Gasteiger charge is -2.09. The molecule has 0 spiro atoms. The second-order valence-electron chi connectivity index (χ2n) is 4.04. The highest BCUT2D eigenvalue weighted by Crippen LogP contribution is 2.24. The molecule has 0 amide bonds. The monoisotopic (exact) mass is 281 g/mol. The van der Waals surface area contributed by atoms with Gasteiger partial charge in [-0.1, -0.05) is 0 Å². The molecule has 0 aliphatic heterocycles. The molecule has 7 heteroatoms. The third kappa shape index (κ3) is 2.34. The van der Waals surface area contributed by atoms with Gasteiger partial charge in [0.2, 0.25) is 0 Å². The third-order valence-electron chi connectivity index (χ3n) is 2.70. The van der Waals surface area contributed by atoms with Crippen LogP contribution in [0.5, 0.6) is 0 Å². The zero-order valence-electron chi connectivity index (χ0n) is 11.0. The van der Waals surface area contributed by atoms with Crippen molar-refractivity contribution >= 4 is 11.8 Å². The molecule has 0 aliphatic carbocycles. The van der Waals surface area contributed by atoms with E-state index in [1.54, 1.807) is 6.92 Å². The number of hydrogen-bond acceptors (Lipinski definition) is 4. The first-order valence-electron chi connectivity index (χ1n) is 5.93. The quantitative estimate of drug-likeness (QED) is 0.876. The number of rotatable bonds is 3. The van der Waals surface area contributed by atoms with Crippen molar-refractivity contribution in [1.82, 2.24) is 9.55 Å². The minimum absolute atomic E-state index is 0.0922. The Hall–Kier alpha value is -2.44. The first kappa shape index (κ1) is 14.0. The Morgan fingerprint density at radius 2 is 2.15 bits per heavy atom. The molecule has 0 unspecified atom stereocenters. The highest BCUT2D eigenvalue weighted by atomic mass is 19.1. The predicted octanol–water partition coefficient (Wildman–Crippen LogP) is 2.22. The molecule has 2 N–H and O–H groups in total. The first-order valence-corrected chi connectivity index (χ1v) is 5.93. The smallest absolute Gasteiger partial charge is 0.360 e. The van der Waals surface area contributed by atoms with Crippen molar-refractivity contribution in [3.8, 4) is 5.69 Å². The highest BCUT2D eigenvalue weighted by Gasteiger charge is 2.22. The van der Waals surface area contributed by atoms with E-state index >= 15 is 0 Å². The van der Waals surface area contributed by atoms with Crippen LogP contribution >= 0.6 is 0 Å². The number of aryl methyl sites for hydroxylation is 1. The average molecular weight is 281 g/mol. The highest BCUT2D eigenvalue weighted by molar-refractivity contribution is 5.92. The number of hydrogen-bond donors (Lipinski definition) is 1. The van der Waals surface area contributed by atoms with E-state index < -0.39 is 17.6 Å². The summed E-state index contributed by atoms with van der Waals surface area (Å²) in [6.07, 6.45) is 0. The minimum atomic E-state index is -0.705. The van der Waals surface area contributed by atoms with Gasteiger partial charge in [0.05, 0.1) is 12.3 Å². The zero-order valence-corrected chi connectivity index (χ0v) is 11.0. The fourth-order valence-corrected chi connectivity index (χ4v) is 1.86. The van der Waals surface area contributed by atoms with Gasteiger partial charge in [-0.3, -0.25) is 4.57 Å². The standard InChI is InChI=1S/C13H13F2N3O2/c1-3-20-13(19)11-12(16)18(7(2)17-11)10-6-8(14)4-5-9(10)15/h4-6H,3,16H2,1-2H3. The van der Waals surface area contributed by atoms with Gasteiger partial charge in [-0.05, 0) is 26.0 Å². The number of anilines is 1. The Morgan fingerprint density at radius 1 is 1.45 bits per heavy atom. The molecule has 0 saturated carbocycles. The van der Waals surface area contributed by atoms with E-state index in [-0.39, 0.29) is 29.6 Å². The molecule has 0 radical (unpaired) electrons. The van der Waals surface area contributed by atoms with E-state index in [9.17, 15) is 13.6 Å². The number of imidazole rings is 1. The van der Waals surface area contributed by atoms with Crippen molar-refractivity contribution in [3.05, 3.63) is 41.4 Å². The van der Waals surface area contributed by atoms with E-state index in [0.717, 1.165) is 18.2 Å². The summed E-state index contributed by atoms with van der Waals surface area (Å²) in [6, 6.07) is 2.95. The van der Waals surface area contributed by atoms with Gasteiger partial charge in [-0.15, -0.1) is 0 Å². The van der Waals surface area contributed by atoms with E-state index in [1.165, 1.54) is 11.5 Å². The fourth-order valence-electron chi connectivity index (χ4n) is 1.86. The van der Waals surface area contributed by atoms with Gasteiger partial charge in [-0.2, -0.15) is 0 Å². The SMILES string of the molecule is CCOC(=O)c1nc(C)n(-c2cc(F)ccc2F)c1N. The van der Waals surface area contributed by atoms with Crippen LogP contribution in [0.2, 0.25) is 0 Å². The van der Waals surface area contributed by atoms with Crippen LogP contribution in [0.15, 0.2) is 18.2 Å². The number of benzene rings is 1. The lowest BCUT2D eigenvalue weighted by molar-refractivity contribution is 0.0521. The number of carbonyl (C=O) groups is 1. The Morgan fingerprint density at radius 3 is 2.80 bits per heavy atom. The Bertz CT molecular complexity index is 668. The normalized spacial score (nSPS) is 10.6. The van der Waals surface area contributed by atoms with Gasteiger partial charge in [-0.25, -0.2) is 18.6 Å². The number of ether oxygens (including phenoxy) is 1. The summed E-state index contributed by atoms with van der Waals surface area (Å²) in [4.78, 5) is 15.6. The third-order valence-corrected chi connectivity index (χ3v) is 2.70. The number of halogens is 2. The second kappa shape index (κ2) is 5.28. The molecule has 2 aromatic rings. The molecule has 0 saturated heterocycles. The summed E-state index contributed by atoms with van der Waals surface area (Å²) in [5.74, 6) is -1.83. The number of nitrogens with two attached hydrogens (primary N) is 1. The summed E-state index contributed by atoms with van der Waals surface area (Å²) >= 11 is 0. The van der Waals surface area contributed by atoms with Crippen molar-refractivity contribution in [1.29, 1.82) is 0 Å². The lowest BCUT2D eigenvalue weighted by atomic mass is 10.3. The molecule has 2 rings (SSSR count). The van der Waals surface area contributed by atoms with E-state index in [2.05, 4.69) is 4.98 Å². The first-order chi connectivity index (χ1) is 9.45. The molecule has 106 valence electrons. The van der Waals surface area contributed by atoms with Crippen LogP contribution in [-0.4, -0.2) is 22.1 Å². The zero-order chi connectivity index (χ0) is 14.9. The molecular weight excluding hydrogens is 268 g/mol. The van der Waals surface area contributed by atoms with Crippen molar-refractivity contribution in [2.75, 3.05) is 12.3 Å². The van der Waals surface area contributed by atoms with Crippen LogP contribution < -0.4 is 5.73 Å². The number of carbonyl (C=O) groups excluding carboxylic acids is 1. The predicted molar refractivity (Wildman–Crippen MR) is 68.6 cm³/mol. The van der Waals surface area contributed by atoms with E-state index in [0.29, 0.717) is 0 Å². The van der Waals surface area contributed by atoms with Crippen molar-refractivity contribution in [3.63, 3.8) is 0 Å². The van der Waals surface area contributed by atoms with Crippen LogP contribution in [-0.2, 0) is 4.74 Å². The maximum atomic E-state index is 13.8.